The zero-order chi connectivity index (χ0) is 15.2. The van der Waals surface area contributed by atoms with E-state index in [2.05, 4.69) is 32.2 Å². The predicted molar refractivity (Wildman–Crippen MR) is 91.9 cm³/mol. The van der Waals surface area contributed by atoms with Crippen LogP contribution in [-0.4, -0.2) is 43.1 Å². The van der Waals surface area contributed by atoms with Crippen molar-refractivity contribution in [2.24, 2.45) is 0 Å². The van der Waals surface area contributed by atoms with Gasteiger partial charge in [0.2, 0.25) is 0 Å². The van der Waals surface area contributed by atoms with Gasteiger partial charge in [-0.1, -0.05) is 32.0 Å². The number of ether oxygens (including phenoxy) is 1. The molecule has 22 heavy (non-hydrogen) atoms. The molecule has 4 nitrogen and oxygen atoms in total. The highest BCUT2D eigenvalue weighted by atomic mass is 35.5. The first-order valence-corrected chi connectivity index (χ1v) is 7.85. The Morgan fingerprint density at radius 2 is 2.18 bits per heavy atom. The van der Waals surface area contributed by atoms with Crippen molar-refractivity contribution in [2.75, 3.05) is 26.2 Å². The van der Waals surface area contributed by atoms with Crippen molar-refractivity contribution in [1.82, 2.24) is 10.2 Å². The van der Waals surface area contributed by atoms with Gasteiger partial charge in [-0.15, -0.1) is 12.4 Å². The lowest BCUT2D eigenvalue weighted by Crippen LogP contribution is -2.53. The molecule has 0 spiro atoms. The summed E-state index contributed by atoms with van der Waals surface area (Å²) in [5.41, 5.74) is 1.18. The lowest BCUT2D eigenvalue weighted by molar-refractivity contribution is -0.136. The van der Waals surface area contributed by atoms with Gasteiger partial charge in [0.1, 0.15) is 5.75 Å². The van der Waals surface area contributed by atoms with E-state index in [0.29, 0.717) is 5.92 Å². The van der Waals surface area contributed by atoms with Crippen LogP contribution in [0.15, 0.2) is 24.3 Å². The average molecular weight is 327 g/mol. The van der Waals surface area contributed by atoms with Crippen LogP contribution in [0, 0.1) is 0 Å². The monoisotopic (exact) mass is 326 g/mol. The minimum absolute atomic E-state index is 0. The highest BCUT2D eigenvalue weighted by molar-refractivity contribution is 5.85. The van der Waals surface area contributed by atoms with Crippen LogP contribution in [0.4, 0.5) is 0 Å². The van der Waals surface area contributed by atoms with E-state index < -0.39 is 0 Å². The van der Waals surface area contributed by atoms with Crippen LogP contribution in [0.3, 0.4) is 0 Å². The number of carbonyl (C=O) groups excluding carboxylic acids is 1. The Labute approximate surface area is 139 Å². The second-order valence-corrected chi connectivity index (χ2v) is 5.78. The molecule has 1 amide bonds. The van der Waals surface area contributed by atoms with Gasteiger partial charge in [-0.3, -0.25) is 4.79 Å². The van der Waals surface area contributed by atoms with Crippen LogP contribution in [-0.2, 0) is 4.79 Å². The highest BCUT2D eigenvalue weighted by Crippen LogP contribution is 2.28. The topological polar surface area (TPSA) is 41.6 Å². The number of para-hydroxylation sites is 1. The van der Waals surface area contributed by atoms with Gasteiger partial charge in [-0.2, -0.15) is 0 Å². The number of piperazine rings is 1. The van der Waals surface area contributed by atoms with E-state index in [1.807, 2.05) is 23.1 Å². The number of nitrogens with one attached hydrogen (secondary N) is 1. The molecule has 1 aliphatic heterocycles. The van der Waals surface area contributed by atoms with Crippen molar-refractivity contribution >= 4 is 18.3 Å². The molecule has 124 valence electrons. The van der Waals surface area contributed by atoms with Gasteiger partial charge in [0, 0.05) is 25.7 Å². The molecule has 5 heteroatoms. The summed E-state index contributed by atoms with van der Waals surface area (Å²) in [6, 6.07) is 8.25. The van der Waals surface area contributed by atoms with Gasteiger partial charge in [0.15, 0.2) is 6.61 Å². The molecule has 1 fully saturated rings. The molecule has 0 aliphatic carbocycles. The molecule has 0 saturated carbocycles. The smallest absolute Gasteiger partial charge is 0.260 e. The SMILES string of the molecule is CCC(C)c1ccccc1OCC(=O)N1CCNCC1C.Cl. The molecule has 2 unspecified atom stereocenters. The van der Waals surface area contributed by atoms with Crippen LogP contribution in [0.1, 0.15) is 38.7 Å². The van der Waals surface area contributed by atoms with E-state index in [1.165, 1.54) is 5.56 Å². The Morgan fingerprint density at radius 1 is 1.45 bits per heavy atom. The van der Waals surface area contributed by atoms with Crippen molar-refractivity contribution in [3.05, 3.63) is 29.8 Å². The molecule has 1 heterocycles. The molecule has 1 N–H and O–H groups in total. The van der Waals surface area contributed by atoms with E-state index in [9.17, 15) is 4.79 Å². The quantitative estimate of drug-likeness (QED) is 0.904. The zero-order valence-electron chi connectivity index (χ0n) is 13.7. The number of hydrogen-bond donors (Lipinski definition) is 1. The lowest BCUT2D eigenvalue weighted by Gasteiger charge is -2.34. The van der Waals surface area contributed by atoms with Crippen molar-refractivity contribution in [3.63, 3.8) is 0 Å². The van der Waals surface area contributed by atoms with Gasteiger partial charge in [-0.05, 0) is 30.9 Å². The van der Waals surface area contributed by atoms with E-state index in [4.69, 9.17) is 4.74 Å². The second kappa shape index (κ2) is 9.01. The number of rotatable bonds is 5. The van der Waals surface area contributed by atoms with Crippen LogP contribution in [0.2, 0.25) is 0 Å². The average Bonchev–Trinajstić information content (AvgIpc) is 2.52. The Hall–Kier alpha value is -1.26. The fourth-order valence-electron chi connectivity index (χ4n) is 2.67. The molecule has 1 saturated heterocycles. The number of amides is 1. The van der Waals surface area contributed by atoms with Gasteiger partial charge in [0.25, 0.3) is 5.91 Å². The number of halogens is 1. The third-order valence-corrected chi connectivity index (χ3v) is 4.24. The van der Waals surface area contributed by atoms with Gasteiger partial charge >= 0.3 is 0 Å². The molecule has 0 radical (unpaired) electrons. The highest BCUT2D eigenvalue weighted by Gasteiger charge is 2.23. The maximum Gasteiger partial charge on any atom is 0.260 e. The number of benzene rings is 1. The lowest BCUT2D eigenvalue weighted by atomic mass is 9.98. The molecule has 1 aliphatic rings. The van der Waals surface area contributed by atoms with E-state index in [1.54, 1.807) is 0 Å². The Bertz CT molecular complexity index is 481. The van der Waals surface area contributed by atoms with Crippen molar-refractivity contribution in [1.29, 1.82) is 0 Å². The fraction of sp³-hybridized carbons (Fsp3) is 0.588. The Morgan fingerprint density at radius 3 is 2.86 bits per heavy atom. The largest absolute Gasteiger partial charge is 0.483 e. The van der Waals surface area contributed by atoms with Crippen molar-refractivity contribution < 1.29 is 9.53 Å². The summed E-state index contributed by atoms with van der Waals surface area (Å²) < 4.78 is 5.81. The van der Waals surface area contributed by atoms with Gasteiger partial charge in [-0.25, -0.2) is 0 Å². The summed E-state index contributed by atoms with van der Waals surface area (Å²) in [4.78, 5) is 14.2. The Balaban J connectivity index is 0.00000242. The van der Waals surface area contributed by atoms with Gasteiger partial charge < -0.3 is 15.0 Å². The van der Waals surface area contributed by atoms with Crippen LogP contribution in [0.5, 0.6) is 5.75 Å². The van der Waals surface area contributed by atoms with Gasteiger partial charge in [0.05, 0.1) is 0 Å². The van der Waals surface area contributed by atoms with Crippen molar-refractivity contribution in [2.45, 2.75) is 39.2 Å². The maximum atomic E-state index is 12.3. The summed E-state index contributed by atoms with van der Waals surface area (Å²) in [5, 5.41) is 3.29. The summed E-state index contributed by atoms with van der Waals surface area (Å²) in [6.45, 7) is 9.01. The van der Waals surface area contributed by atoms with Crippen LogP contribution < -0.4 is 10.1 Å². The molecule has 2 rings (SSSR count). The summed E-state index contributed by atoms with van der Waals surface area (Å²) in [5.74, 6) is 1.35. The Kier molecular flexibility index (Phi) is 7.69. The molecular weight excluding hydrogens is 300 g/mol. The first-order valence-electron chi connectivity index (χ1n) is 7.85. The van der Waals surface area contributed by atoms with E-state index in [-0.39, 0.29) is 31.0 Å². The van der Waals surface area contributed by atoms with E-state index >= 15 is 0 Å². The molecule has 2 atom stereocenters. The zero-order valence-corrected chi connectivity index (χ0v) is 14.5. The third-order valence-electron chi connectivity index (χ3n) is 4.24. The van der Waals surface area contributed by atoms with Crippen LogP contribution >= 0.6 is 12.4 Å². The summed E-state index contributed by atoms with van der Waals surface area (Å²) in [7, 11) is 0. The first kappa shape index (κ1) is 18.8. The maximum absolute atomic E-state index is 12.3. The number of carbonyl (C=O) groups is 1. The molecule has 1 aromatic rings. The summed E-state index contributed by atoms with van der Waals surface area (Å²) >= 11 is 0. The standard InChI is InChI=1S/C17H26N2O2.ClH/c1-4-13(2)15-7-5-6-8-16(15)21-12-17(20)19-10-9-18-11-14(19)3;/h5-8,13-14,18H,4,9-12H2,1-3H3;1H. The minimum atomic E-state index is 0. The molecule has 0 aromatic heterocycles. The fourth-order valence-corrected chi connectivity index (χ4v) is 2.67. The molecular formula is C17H27ClN2O2. The van der Waals surface area contributed by atoms with Crippen LogP contribution in [0.25, 0.3) is 0 Å². The third kappa shape index (κ3) is 4.62. The first-order chi connectivity index (χ1) is 10.1. The minimum Gasteiger partial charge on any atom is -0.483 e. The summed E-state index contributed by atoms with van der Waals surface area (Å²) in [6.07, 6.45) is 1.06. The predicted octanol–water partition coefficient (Wildman–Crippen LogP) is 2.82. The molecule has 0 bridgehead atoms. The second-order valence-electron chi connectivity index (χ2n) is 5.78. The molecule has 1 aromatic carbocycles. The normalized spacial score (nSPS) is 19.2. The number of hydrogen-bond acceptors (Lipinski definition) is 3. The van der Waals surface area contributed by atoms with Crippen molar-refractivity contribution in [3.8, 4) is 5.75 Å². The number of nitrogens with zero attached hydrogens (tertiary/aromatic N) is 1. The van der Waals surface area contributed by atoms with E-state index in [0.717, 1.165) is 31.8 Å².